The molecule has 0 unspecified atom stereocenters. The summed E-state index contributed by atoms with van der Waals surface area (Å²) in [5.74, 6) is -2.20. The van der Waals surface area contributed by atoms with Crippen molar-refractivity contribution in [3.8, 4) is 0 Å². The average Bonchev–Trinajstić information content (AvgIpc) is 3.24. The molecule has 1 aliphatic carbocycles. The molecule has 336 valence electrons. The lowest BCUT2D eigenvalue weighted by molar-refractivity contribution is -0.154. The molecule has 0 aromatic rings. The number of alkyl carbamates (subject to hydrolysis) is 2. The minimum Gasteiger partial charge on any atom is -0.461 e. The van der Waals surface area contributed by atoms with Crippen molar-refractivity contribution in [3.63, 3.8) is 0 Å². The first-order valence-electron chi connectivity index (χ1n) is 21.5. The number of rotatable bonds is 22. The summed E-state index contributed by atoms with van der Waals surface area (Å²) in [6.45, 7) is 18.8. The molecule has 0 heterocycles. The Morgan fingerprint density at radius 1 is 0.655 bits per heavy atom. The van der Waals surface area contributed by atoms with Gasteiger partial charge in [0.1, 0.15) is 35.4 Å². The first-order valence-corrected chi connectivity index (χ1v) is 21.5. The van der Waals surface area contributed by atoms with Gasteiger partial charge in [0.15, 0.2) is 0 Å². The van der Waals surface area contributed by atoms with Gasteiger partial charge in [-0.15, -0.1) is 0 Å². The van der Waals surface area contributed by atoms with E-state index in [0.717, 1.165) is 51.4 Å². The maximum atomic E-state index is 13.8. The summed E-state index contributed by atoms with van der Waals surface area (Å²) >= 11 is 0. The fourth-order valence-corrected chi connectivity index (χ4v) is 6.13. The molecule has 16 nitrogen and oxygen atoms in total. The number of hydrogen-bond acceptors (Lipinski definition) is 11. The molecule has 0 saturated heterocycles. The number of unbranched alkanes of at least 4 members (excludes halogenated alkanes) is 1. The van der Waals surface area contributed by atoms with Gasteiger partial charge in [-0.3, -0.25) is 14.4 Å². The smallest absolute Gasteiger partial charge is 0.407 e. The van der Waals surface area contributed by atoms with Gasteiger partial charge in [-0.05, 0) is 119 Å². The van der Waals surface area contributed by atoms with E-state index < -0.39 is 77.4 Å². The van der Waals surface area contributed by atoms with E-state index in [1.807, 2.05) is 13.8 Å². The molecule has 1 saturated carbocycles. The molecule has 0 aliphatic heterocycles. The first kappa shape index (κ1) is 52.4. The number of ether oxygens (including phenoxy) is 4. The van der Waals surface area contributed by atoms with Crippen molar-refractivity contribution >= 4 is 35.9 Å². The maximum absolute atomic E-state index is 13.8. The highest BCUT2D eigenvalue weighted by atomic mass is 16.6. The van der Waals surface area contributed by atoms with E-state index in [-0.39, 0.29) is 37.8 Å². The molecule has 5 atom stereocenters. The number of amides is 5. The summed E-state index contributed by atoms with van der Waals surface area (Å²) in [6, 6.07) is -4.22. The molecule has 0 aromatic carbocycles. The molecule has 0 radical (unpaired) electrons. The molecule has 5 amide bonds. The Morgan fingerprint density at radius 2 is 1.17 bits per heavy atom. The van der Waals surface area contributed by atoms with Crippen molar-refractivity contribution in [2.45, 2.75) is 207 Å². The van der Waals surface area contributed by atoms with E-state index in [4.69, 9.17) is 24.7 Å². The Labute approximate surface area is 347 Å². The second kappa shape index (κ2) is 27.2. The highest BCUT2D eigenvalue weighted by Crippen LogP contribution is 2.20. The summed E-state index contributed by atoms with van der Waals surface area (Å²) in [7, 11) is 0. The number of carbonyl (C=O) groups is 6. The van der Waals surface area contributed by atoms with Crippen LogP contribution in [-0.2, 0) is 38.1 Å². The third-order valence-electron chi connectivity index (χ3n) is 9.25. The lowest BCUT2D eigenvalue weighted by Crippen LogP contribution is -2.60. The molecule has 7 N–H and O–H groups in total. The maximum Gasteiger partial charge on any atom is 0.407 e. The number of nitrogens with two attached hydrogens (primary N) is 1. The summed E-state index contributed by atoms with van der Waals surface area (Å²) in [4.78, 5) is 78.6. The second-order valence-corrected chi connectivity index (χ2v) is 17.8. The van der Waals surface area contributed by atoms with E-state index in [1.165, 1.54) is 0 Å². The zero-order valence-corrected chi connectivity index (χ0v) is 37.2. The number of hydrogen-bond donors (Lipinski definition) is 6. The Morgan fingerprint density at radius 3 is 1.69 bits per heavy atom. The zero-order chi connectivity index (χ0) is 43.9. The molecule has 16 heteroatoms. The monoisotopic (exact) mass is 827 g/mol. The van der Waals surface area contributed by atoms with Crippen LogP contribution in [0, 0.1) is 5.92 Å². The van der Waals surface area contributed by atoms with Crippen molar-refractivity contribution < 1.29 is 47.7 Å². The predicted octanol–water partition coefficient (Wildman–Crippen LogP) is 5.29. The van der Waals surface area contributed by atoms with E-state index >= 15 is 0 Å². The number of nitrogens with one attached hydrogen (secondary N) is 5. The first-order chi connectivity index (χ1) is 27.1. The summed E-state index contributed by atoms with van der Waals surface area (Å²) in [5.41, 5.74) is 4.91. The van der Waals surface area contributed by atoms with Crippen LogP contribution in [0.3, 0.4) is 0 Å². The third kappa shape index (κ3) is 24.3. The molecule has 1 aliphatic rings. The van der Waals surface area contributed by atoms with Crippen molar-refractivity contribution in [1.82, 2.24) is 26.6 Å². The van der Waals surface area contributed by atoms with Gasteiger partial charge < -0.3 is 51.3 Å². The molecule has 1 rings (SSSR count). The molecule has 0 aromatic heterocycles. The van der Waals surface area contributed by atoms with E-state index in [9.17, 15) is 28.8 Å². The standard InChI is InChI=1S/C42H78N6O10/c1-11-32(46-37(51)34(29(4)55-27-28(2)3)48-35(49)31(43)23-20-26-45-40(54)58-42(8,9)10)36(50)47-33(24-18-19-25-44-39(53)57-41(5,6)7)38(52)56-30-21-16-14-12-13-15-17-22-30/h28-34H,11-27,43H2,1-10H3,(H,44,53)(H,45,54)(H,46,51)(H,47,50)(H,48,49)/t29-,31+,32+,33+,34+/m1/s1. The Balaban J connectivity index is 3.04. The molecule has 0 bridgehead atoms. The lowest BCUT2D eigenvalue weighted by Gasteiger charge is -2.29. The van der Waals surface area contributed by atoms with Gasteiger partial charge >= 0.3 is 18.2 Å². The minimum absolute atomic E-state index is 0.146. The van der Waals surface area contributed by atoms with E-state index in [1.54, 1.807) is 55.4 Å². The van der Waals surface area contributed by atoms with Crippen LogP contribution < -0.4 is 32.3 Å². The van der Waals surface area contributed by atoms with Gasteiger partial charge in [0.2, 0.25) is 17.7 Å². The number of carbonyl (C=O) groups excluding carboxylic acids is 6. The topological polar surface area (TPSA) is 226 Å². The van der Waals surface area contributed by atoms with Gasteiger partial charge in [-0.25, -0.2) is 14.4 Å². The van der Waals surface area contributed by atoms with Gasteiger partial charge in [-0.1, -0.05) is 46.5 Å². The highest BCUT2D eigenvalue weighted by Gasteiger charge is 2.34. The molecular weight excluding hydrogens is 748 g/mol. The Hall–Kier alpha value is -3.66. The van der Waals surface area contributed by atoms with Gasteiger partial charge in [0, 0.05) is 19.7 Å². The summed E-state index contributed by atoms with van der Waals surface area (Å²) in [5, 5.41) is 13.6. The SMILES string of the molecule is CC[C@H](NC(=O)[C@@H](NC(=O)[C@@H](N)CCCNC(=O)OC(C)(C)C)[C@@H](C)OCC(C)C)C(=O)N[C@@H](CCCCNC(=O)OC(C)(C)C)C(=O)OC1CCCCCCCC1. The fourth-order valence-electron chi connectivity index (χ4n) is 6.13. The summed E-state index contributed by atoms with van der Waals surface area (Å²) < 4.78 is 22.5. The van der Waals surface area contributed by atoms with Crippen LogP contribution in [0.15, 0.2) is 0 Å². The van der Waals surface area contributed by atoms with Crippen molar-refractivity contribution in [2.24, 2.45) is 11.7 Å². The molecule has 58 heavy (non-hydrogen) atoms. The quantitative estimate of drug-likeness (QED) is 0.0468. The zero-order valence-electron chi connectivity index (χ0n) is 37.2. The van der Waals surface area contributed by atoms with E-state index in [2.05, 4.69) is 26.6 Å². The average molecular weight is 827 g/mol. The van der Waals surface area contributed by atoms with Crippen LogP contribution >= 0.6 is 0 Å². The van der Waals surface area contributed by atoms with Crippen molar-refractivity contribution in [3.05, 3.63) is 0 Å². The normalized spacial score (nSPS) is 16.8. The van der Waals surface area contributed by atoms with Crippen LogP contribution in [0.4, 0.5) is 9.59 Å². The van der Waals surface area contributed by atoms with Gasteiger partial charge in [-0.2, -0.15) is 0 Å². The number of esters is 1. The van der Waals surface area contributed by atoms with Crippen molar-refractivity contribution in [1.29, 1.82) is 0 Å². The highest BCUT2D eigenvalue weighted by molar-refractivity contribution is 5.94. The van der Waals surface area contributed by atoms with Gasteiger partial charge in [0.25, 0.3) is 0 Å². The third-order valence-corrected chi connectivity index (χ3v) is 9.25. The molecule has 0 spiro atoms. The summed E-state index contributed by atoms with van der Waals surface area (Å²) in [6.07, 6.45) is 7.84. The second-order valence-electron chi connectivity index (χ2n) is 17.8. The van der Waals surface area contributed by atoms with Crippen LogP contribution in [0.25, 0.3) is 0 Å². The van der Waals surface area contributed by atoms with E-state index in [0.29, 0.717) is 32.4 Å². The van der Waals surface area contributed by atoms with Crippen molar-refractivity contribution in [2.75, 3.05) is 19.7 Å². The predicted molar refractivity (Wildman–Crippen MR) is 223 cm³/mol. The van der Waals surface area contributed by atoms with Crippen LogP contribution in [0.1, 0.15) is 159 Å². The van der Waals surface area contributed by atoms with Gasteiger partial charge in [0.05, 0.1) is 12.1 Å². The largest absolute Gasteiger partial charge is 0.461 e. The Kier molecular flexibility index (Phi) is 24.5. The minimum atomic E-state index is -1.19. The molecule has 1 fully saturated rings. The van der Waals surface area contributed by atoms with Crippen LogP contribution in [0.5, 0.6) is 0 Å². The molecular formula is C42H78N6O10. The van der Waals surface area contributed by atoms with Crippen LogP contribution in [0.2, 0.25) is 0 Å². The lowest BCUT2D eigenvalue weighted by atomic mass is 10.1. The Bertz CT molecular complexity index is 1260. The van der Waals surface area contributed by atoms with Crippen LogP contribution in [-0.4, -0.2) is 103 Å². The fraction of sp³-hybridized carbons (Fsp3) is 0.857.